The van der Waals surface area contributed by atoms with Crippen molar-refractivity contribution < 1.29 is 40.6 Å². The van der Waals surface area contributed by atoms with Crippen molar-refractivity contribution in [2.45, 2.75) is 38.9 Å². The molecule has 1 saturated heterocycles. The molecule has 7 heterocycles. The molecule has 4 N–H and O–H groups in total. The van der Waals surface area contributed by atoms with Crippen LogP contribution in [0.15, 0.2) is 260 Å². The molecule has 27 heteroatoms. The largest absolute Gasteiger partial charge is 0.0622 e. The Hall–Kier alpha value is -7.18. The van der Waals surface area contributed by atoms with E-state index in [2.05, 4.69) is 250 Å². The van der Waals surface area contributed by atoms with Crippen molar-refractivity contribution in [2.24, 2.45) is 21.1 Å². The average molecular weight is 1590 g/mol. The maximum absolute atomic E-state index is 10.7. The molecule has 0 amide bonds. The summed E-state index contributed by atoms with van der Waals surface area (Å²) in [5.74, 6) is 0. The Kier molecular flexibility index (Phi) is 33.8. The minimum absolute atomic E-state index is 0. The fourth-order valence-electron chi connectivity index (χ4n) is 8.28. The molecule has 6 aromatic carbocycles. The quantitative estimate of drug-likeness (QED) is 0.0592. The zero-order valence-electron chi connectivity index (χ0n) is 52.0. The van der Waals surface area contributed by atoms with E-state index < -0.39 is 15.8 Å². The van der Waals surface area contributed by atoms with E-state index in [1.807, 2.05) is 73.5 Å². The number of rotatable bonds is 9. The van der Waals surface area contributed by atoms with Crippen molar-refractivity contribution >= 4 is 132 Å². The first kappa shape index (κ1) is 77.5. The number of benzene rings is 6. The third-order valence-corrected chi connectivity index (χ3v) is 19.1. The van der Waals surface area contributed by atoms with Crippen LogP contribution in [0.25, 0.3) is 22.5 Å². The van der Waals surface area contributed by atoms with Gasteiger partial charge in [0.2, 0.25) is 0 Å². The summed E-state index contributed by atoms with van der Waals surface area (Å²) in [5, 5.41) is 49.4. The van der Waals surface area contributed by atoms with Gasteiger partial charge < -0.3 is 19.9 Å². The number of carboxylic acid groups (broad SMARTS) is 1. The molecule has 0 atom stereocenters. The van der Waals surface area contributed by atoms with Gasteiger partial charge in [0.25, 0.3) is 12.0 Å². The molecule has 0 saturated carbocycles. The van der Waals surface area contributed by atoms with Crippen molar-refractivity contribution in [2.75, 3.05) is 0 Å². The molecule has 13 rings (SSSR count). The maximum Gasteiger partial charge on any atom is -0.0134 e. The fourth-order valence-corrected chi connectivity index (χ4v) is 13.4. The SMILES string of the molecule is Clc1ccc(I)nn1.Cn1cc(-c2ccc(=O)[nH]n2)cn1.Cn1cc(-c2ccc(Cl)nn2)cn1.Cn1cc(B2OC(C)(C)C(C)(C)O2)cn1.O.O=CO.[Cl][Pd][Cl].c1ccc(P(c2ccccc2)c2ccccc2)cc1.c1ccc(P(c2ccccc2)c2ccccc2)cc1. The van der Waals surface area contributed by atoms with Crippen molar-refractivity contribution in [3.05, 3.63) is 280 Å². The van der Waals surface area contributed by atoms with E-state index in [0.29, 0.717) is 16.0 Å². The third kappa shape index (κ3) is 25.5. The van der Waals surface area contributed by atoms with Crippen molar-refractivity contribution in [3.63, 3.8) is 0 Å². The second kappa shape index (κ2) is 40.9. The number of halogens is 5. The van der Waals surface area contributed by atoms with Crippen LogP contribution in [-0.2, 0) is 51.2 Å². The van der Waals surface area contributed by atoms with Crippen molar-refractivity contribution in [1.29, 1.82) is 0 Å². The van der Waals surface area contributed by atoms with Gasteiger partial charge in [0.05, 0.1) is 35.0 Å². The molecular formula is C67H68BCl4IN12O6P2Pd. The predicted octanol–water partition coefficient (Wildman–Crippen LogP) is 11.3. The van der Waals surface area contributed by atoms with Crippen LogP contribution in [0.1, 0.15) is 27.7 Å². The van der Waals surface area contributed by atoms with E-state index in [1.54, 1.807) is 56.9 Å². The summed E-state index contributed by atoms with van der Waals surface area (Å²) in [6.07, 6.45) is 10.8. The Labute approximate surface area is 589 Å². The smallest absolute Gasteiger partial charge is 0.0134 e. The molecule has 1 fully saturated rings. The summed E-state index contributed by atoms with van der Waals surface area (Å²) in [6.45, 7) is 7.93. The summed E-state index contributed by atoms with van der Waals surface area (Å²) in [6, 6.07) is 74.8. The van der Waals surface area contributed by atoms with Crippen LogP contribution in [0.4, 0.5) is 0 Å². The molecule has 1 aliphatic rings. The average Bonchev–Trinajstić information content (AvgIpc) is 1.61. The molecule has 6 aromatic heterocycles. The first-order valence-electron chi connectivity index (χ1n) is 28.2. The summed E-state index contributed by atoms with van der Waals surface area (Å²) in [5.41, 5.74) is 3.51. The number of H-pyrrole nitrogens is 1. The molecule has 490 valence electrons. The first-order chi connectivity index (χ1) is 44.8. The molecule has 0 unspecified atom stereocenters. The Bertz CT molecular complexity index is 3750. The number of aryl methyl sites for hydroxylation is 3. The number of nitrogens with one attached hydrogen (secondary N) is 1. The Balaban J connectivity index is 0.000000203. The topological polar surface area (TPSA) is 238 Å². The fraction of sp³-hybridized carbons (Fsp3) is 0.134. The minimum atomic E-state index is -0.446. The van der Waals surface area contributed by atoms with Crippen LogP contribution < -0.4 is 42.8 Å². The molecule has 0 spiro atoms. The number of nitrogens with zero attached hydrogens (tertiary/aromatic N) is 11. The Morgan fingerprint density at radius 3 is 1.09 bits per heavy atom. The van der Waals surface area contributed by atoms with Gasteiger partial charge in [-0.1, -0.05) is 205 Å². The van der Waals surface area contributed by atoms with Gasteiger partial charge in [0.15, 0.2) is 10.3 Å². The minimum Gasteiger partial charge on any atom is -0.0622 e. The van der Waals surface area contributed by atoms with Gasteiger partial charge in [-0.2, -0.15) is 20.4 Å². The molecular weight excluding hydrogens is 1520 g/mol. The van der Waals surface area contributed by atoms with Crippen LogP contribution in [0.3, 0.4) is 0 Å². The van der Waals surface area contributed by atoms with Gasteiger partial charge in [0, 0.05) is 68.6 Å². The van der Waals surface area contributed by atoms with E-state index in [4.69, 9.17) is 61.5 Å². The van der Waals surface area contributed by atoms with E-state index in [0.717, 1.165) is 26.0 Å². The number of carbonyl (C=O) groups is 1. The zero-order valence-corrected chi connectivity index (χ0v) is 60.5. The summed E-state index contributed by atoms with van der Waals surface area (Å²) < 4.78 is 17.8. The predicted molar refractivity (Wildman–Crippen MR) is 389 cm³/mol. The normalized spacial score (nSPS) is 12.0. The van der Waals surface area contributed by atoms with Gasteiger partial charge in [-0.05, 0) is 128 Å². The third-order valence-electron chi connectivity index (χ3n) is 13.2. The number of hydrogen-bond acceptors (Lipinski definition) is 12. The van der Waals surface area contributed by atoms with Crippen LogP contribution in [-0.4, -0.2) is 95.3 Å². The molecule has 0 radical (unpaired) electrons. The van der Waals surface area contributed by atoms with Gasteiger partial charge in [-0.25, -0.2) is 5.10 Å². The molecule has 0 aliphatic carbocycles. The van der Waals surface area contributed by atoms with Crippen molar-refractivity contribution in [1.82, 2.24) is 59.9 Å². The van der Waals surface area contributed by atoms with E-state index >= 15 is 0 Å². The monoisotopic (exact) mass is 1580 g/mol. The molecule has 0 bridgehead atoms. The Morgan fingerprint density at radius 2 is 0.819 bits per heavy atom. The molecule has 18 nitrogen and oxygen atoms in total. The van der Waals surface area contributed by atoms with Gasteiger partial charge >= 0.3 is 42.1 Å². The van der Waals surface area contributed by atoms with Gasteiger partial charge in [-0.3, -0.25) is 23.6 Å². The maximum atomic E-state index is 10.7. The molecule has 1 aliphatic heterocycles. The van der Waals surface area contributed by atoms with Crippen LogP contribution in [0.5, 0.6) is 0 Å². The Morgan fingerprint density at radius 1 is 0.500 bits per heavy atom. The van der Waals surface area contributed by atoms with Crippen LogP contribution in [0.2, 0.25) is 10.3 Å². The van der Waals surface area contributed by atoms with Gasteiger partial charge in [-0.15, -0.1) is 20.4 Å². The van der Waals surface area contributed by atoms with E-state index in [-0.39, 0.29) is 51.8 Å². The van der Waals surface area contributed by atoms with E-state index in [9.17, 15) is 4.79 Å². The number of aromatic amines is 1. The number of hydrogen-bond donors (Lipinski definition) is 2. The molecule has 12 aromatic rings. The van der Waals surface area contributed by atoms with Crippen molar-refractivity contribution in [3.8, 4) is 22.5 Å². The first-order valence-corrected chi connectivity index (χ1v) is 36.7. The number of aromatic nitrogens is 12. The molecule has 94 heavy (non-hydrogen) atoms. The second-order valence-electron chi connectivity index (χ2n) is 20.4. The summed E-state index contributed by atoms with van der Waals surface area (Å²) in [7, 11) is 14.0. The second-order valence-corrected chi connectivity index (χ2v) is 29.1. The van der Waals surface area contributed by atoms with Crippen LogP contribution in [0, 0.1) is 3.70 Å². The zero-order chi connectivity index (χ0) is 67.0. The summed E-state index contributed by atoms with van der Waals surface area (Å²) in [4.78, 5) is 19.1. The standard InChI is InChI=1S/2C18H15P.C10H17BN2O2.C8H7ClN4.C8H8N4O.C4H2ClIN2.CH2O2.2ClH.H2O.Pd/c2*1-4-10-16(11-5-1)19(17-12-6-2-7-13-17)18-14-8-3-9-15-18;1-9(2)10(3,4)15-11(14-9)8-6-12-13(5)7-8;1-13-5-6(4-10-13)7-2-3-8(9)12-11-7;1-12-5-6(4-9-12)7-2-3-8(13)11-10-7;5-3-1-2-4(6)8-7-3;2-1-3;;;;/h2*1-15H;6-7H,1-5H3;2-5H,1H3;2-5H,1H3,(H,11,13);1-2H;1H,(H,2,3);2*1H;1H2;/q;;;;;;;;;;+2/p-2. The summed E-state index contributed by atoms with van der Waals surface area (Å²) >= 11 is 13.0. The van der Waals surface area contributed by atoms with Crippen LogP contribution >= 0.6 is 80.7 Å². The van der Waals surface area contributed by atoms with E-state index in [1.165, 1.54) is 37.9 Å². The van der Waals surface area contributed by atoms with Gasteiger partial charge in [0.1, 0.15) is 3.70 Å².